The average Bonchev–Trinajstić information content (AvgIpc) is 2.86. The summed E-state index contributed by atoms with van der Waals surface area (Å²) in [5, 5.41) is 5.77. The number of methoxy groups -OCH3 is 1. The molecule has 2 heterocycles. The van der Waals surface area contributed by atoms with Gasteiger partial charge in [0.1, 0.15) is 18.2 Å². The summed E-state index contributed by atoms with van der Waals surface area (Å²) in [6.07, 6.45) is 2.77. The Balaban J connectivity index is 1.67. The van der Waals surface area contributed by atoms with Gasteiger partial charge in [-0.15, -0.1) is 0 Å². The summed E-state index contributed by atoms with van der Waals surface area (Å²) in [6, 6.07) is 12.1. The lowest BCUT2D eigenvalue weighted by molar-refractivity contribution is -0.111. The molecule has 9 nitrogen and oxygen atoms in total. The number of amides is 3. The average molecular weight is 477 g/mol. The number of alkyl halides is 1. The molecule has 2 N–H and O–H groups in total. The number of aromatic nitrogens is 2. The van der Waals surface area contributed by atoms with Gasteiger partial charge in [0.15, 0.2) is 0 Å². The Bertz CT molecular complexity index is 1280. The summed E-state index contributed by atoms with van der Waals surface area (Å²) in [4.78, 5) is 36.9. The quantitative estimate of drug-likeness (QED) is 0.462. The molecule has 0 atom stereocenters. The second kappa shape index (κ2) is 10.2. The molecule has 1 aromatic heterocycles. The number of halogens is 1. The maximum absolute atomic E-state index is 13.5. The fourth-order valence-corrected chi connectivity index (χ4v) is 3.77. The molecule has 3 aromatic rings. The van der Waals surface area contributed by atoms with Crippen molar-refractivity contribution in [1.29, 1.82) is 0 Å². The first-order valence-corrected chi connectivity index (χ1v) is 10.9. The molecule has 4 rings (SSSR count). The van der Waals surface area contributed by atoms with Crippen molar-refractivity contribution >= 4 is 40.8 Å². The minimum absolute atomic E-state index is 0.159. The molecule has 10 heteroatoms. The maximum atomic E-state index is 13.5. The molecule has 0 saturated heterocycles. The van der Waals surface area contributed by atoms with E-state index < -0.39 is 12.7 Å². The van der Waals surface area contributed by atoms with Crippen molar-refractivity contribution in [2.75, 3.05) is 40.8 Å². The van der Waals surface area contributed by atoms with Gasteiger partial charge in [0.05, 0.1) is 31.6 Å². The van der Waals surface area contributed by atoms with Gasteiger partial charge in [0, 0.05) is 23.5 Å². The van der Waals surface area contributed by atoms with Crippen molar-refractivity contribution in [2.24, 2.45) is 0 Å². The van der Waals surface area contributed by atoms with Crippen molar-refractivity contribution in [2.45, 2.75) is 13.5 Å². The first kappa shape index (κ1) is 23.7. The van der Waals surface area contributed by atoms with Crippen LogP contribution in [-0.4, -0.2) is 42.2 Å². The van der Waals surface area contributed by atoms with E-state index in [1.165, 1.54) is 11.0 Å². The van der Waals surface area contributed by atoms with Crippen LogP contribution in [0.1, 0.15) is 11.1 Å². The van der Waals surface area contributed by atoms with E-state index in [0.29, 0.717) is 34.2 Å². The van der Waals surface area contributed by atoms with Crippen LogP contribution in [0.2, 0.25) is 0 Å². The van der Waals surface area contributed by atoms with Crippen molar-refractivity contribution in [1.82, 2.24) is 9.97 Å². The fourth-order valence-electron chi connectivity index (χ4n) is 3.77. The SMILES string of the molecule is C=CC(=O)Nc1ccccc1Nc1ncc2c(n1)N(CCF)C(=O)N(c1cc(C)cc(OC)c1)C2. The standard InChI is InChI=1S/C25H25FN6O3/c1-4-22(33)28-20-7-5-6-8-21(20)29-24-27-14-17-15-32(18-11-16(2)12-19(13-18)35-3)25(34)31(10-9-26)23(17)30-24/h4-8,11-14H,1,9-10,15H2,2-3H3,(H,28,33)(H,27,29,30). The number of aryl methyl sites for hydroxylation is 1. The van der Waals surface area contributed by atoms with E-state index in [-0.39, 0.29) is 24.9 Å². The molecule has 0 spiro atoms. The highest BCUT2D eigenvalue weighted by atomic mass is 19.1. The zero-order chi connectivity index (χ0) is 24.9. The molecule has 0 bridgehead atoms. The van der Waals surface area contributed by atoms with Crippen LogP contribution in [0.4, 0.5) is 38.0 Å². The predicted octanol–water partition coefficient (Wildman–Crippen LogP) is 4.58. The third-order valence-electron chi connectivity index (χ3n) is 5.40. The smallest absolute Gasteiger partial charge is 0.330 e. The summed E-state index contributed by atoms with van der Waals surface area (Å²) in [5.41, 5.74) is 3.28. The van der Waals surface area contributed by atoms with E-state index in [4.69, 9.17) is 4.74 Å². The van der Waals surface area contributed by atoms with Crippen LogP contribution in [0.5, 0.6) is 5.75 Å². The van der Waals surface area contributed by atoms with Gasteiger partial charge in [0.25, 0.3) is 0 Å². The van der Waals surface area contributed by atoms with Gasteiger partial charge in [-0.2, -0.15) is 4.98 Å². The zero-order valence-electron chi connectivity index (χ0n) is 19.4. The number of nitrogens with zero attached hydrogens (tertiary/aromatic N) is 4. The summed E-state index contributed by atoms with van der Waals surface area (Å²) >= 11 is 0. The first-order valence-electron chi connectivity index (χ1n) is 10.9. The number of benzene rings is 2. The first-order chi connectivity index (χ1) is 16.9. The third-order valence-corrected chi connectivity index (χ3v) is 5.40. The highest BCUT2D eigenvalue weighted by Gasteiger charge is 2.33. The van der Waals surface area contributed by atoms with Crippen molar-refractivity contribution in [3.05, 3.63) is 72.4 Å². The monoisotopic (exact) mass is 476 g/mol. The van der Waals surface area contributed by atoms with Crippen molar-refractivity contribution in [3.8, 4) is 5.75 Å². The molecule has 180 valence electrons. The Kier molecular flexibility index (Phi) is 6.91. The van der Waals surface area contributed by atoms with E-state index >= 15 is 0 Å². The Morgan fingerprint density at radius 1 is 1.26 bits per heavy atom. The maximum Gasteiger partial charge on any atom is 0.330 e. The van der Waals surface area contributed by atoms with Crippen molar-refractivity contribution < 1.29 is 18.7 Å². The van der Waals surface area contributed by atoms with E-state index in [9.17, 15) is 14.0 Å². The molecule has 0 saturated carbocycles. The van der Waals surface area contributed by atoms with E-state index in [0.717, 1.165) is 5.56 Å². The summed E-state index contributed by atoms with van der Waals surface area (Å²) in [6.45, 7) is 4.69. The number of ether oxygens (including phenoxy) is 1. The molecule has 0 unspecified atom stereocenters. The van der Waals surface area contributed by atoms with Gasteiger partial charge < -0.3 is 15.4 Å². The Morgan fingerprint density at radius 3 is 2.74 bits per heavy atom. The number of carbonyl (C=O) groups excluding carboxylic acids is 2. The molecular weight excluding hydrogens is 451 g/mol. The number of urea groups is 1. The zero-order valence-corrected chi connectivity index (χ0v) is 19.4. The number of hydrogen-bond donors (Lipinski definition) is 2. The van der Waals surface area contributed by atoms with Crippen LogP contribution in [-0.2, 0) is 11.3 Å². The van der Waals surface area contributed by atoms with Gasteiger partial charge >= 0.3 is 6.03 Å². The van der Waals surface area contributed by atoms with Crippen LogP contribution < -0.4 is 25.2 Å². The van der Waals surface area contributed by atoms with Gasteiger partial charge in [-0.1, -0.05) is 18.7 Å². The number of para-hydroxylation sites is 2. The summed E-state index contributed by atoms with van der Waals surface area (Å²) < 4.78 is 18.8. The largest absolute Gasteiger partial charge is 0.497 e. The Morgan fingerprint density at radius 2 is 2.03 bits per heavy atom. The molecule has 1 aliphatic heterocycles. The number of anilines is 5. The second-order valence-electron chi connectivity index (χ2n) is 7.82. The normalized spacial score (nSPS) is 12.7. The number of rotatable bonds is 8. The number of hydrogen-bond acceptors (Lipinski definition) is 6. The number of nitrogens with one attached hydrogen (secondary N) is 2. The molecule has 0 aliphatic carbocycles. The molecule has 3 amide bonds. The van der Waals surface area contributed by atoms with Crippen LogP contribution >= 0.6 is 0 Å². The lowest BCUT2D eigenvalue weighted by Crippen LogP contribution is -2.48. The summed E-state index contributed by atoms with van der Waals surface area (Å²) in [5.74, 6) is 0.784. The van der Waals surface area contributed by atoms with Gasteiger partial charge in [0.2, 0.25) is 11.9 Å². The van der Waals surface area contributed by atoms with Crippen LogP contribution in [0.25, 0.3) is 0 Å². The Hall–Kier alpha value is -4.47. The summed E-state index contributed by atoms with van der Waals surface area (Å²) in [7, 11) is 1.56. The second-order valence-corrected chi connectivity index (χ2v) is 7.82. The fraction of sp³-hybridized carbons (Fsp3) is 0.200. The van der Waals surface area contributed by atoms with Gasteiger partial charge in [-0.25, -0.2) is 14.2 Å². The molecule has 0 fully saturated rings. The van der Waals surface area contributed by atoms with Crippen molar-refractivity contribution in [3.63, 3.8) is 0 Å². The van der Waals surface area contributed by atoms with E-state index in [1.54, 1.807) is 48.5 Å². The molecule has 2 aromatic carbocycles. The van der Waals surface area contributed by atoms with Gasteiger partial charge in [-0.05, 0) is 42.8 Å². The minimum Gasteiger partial charge on any atom is -0.497 e. The highest BCUT2D eigenvalue weighted by molar-refractivity contribution is 6.05. The third kappa shape index (κ3) is 5.06. The highest BCUT2D eigenvalue weighted by Crippen LogP contribution is 2.33. The number of fused-ring (bicyclic) bond motifs is 1. The molecule has 1 aliphatic rings. The van der Waals surface area contributed by atoms with E-state index in [2.05, 4.69) is 27.2 Å². The van der Waals surface area contributed by atoms with Gasteiger partial charge in [-0.3, -0.25) is 14.6 Å². The topological polar surface area (TPSA) is 99.7 Å². The van der Waals surface area contributed by atoms with E-state index in [1.807, 2.05) is 19.1 Å². The minimum atomic E-state index is -0.737. The Labute approximate surface area is 202 Å². The lowest BCUT2D eigenvalue weighted by Gasteiger charge is -2.36. The molecular formula is C25H25FN6O3. The molecule has 35 heavy (non-hydrogen) atoms. The predicted molar refractivity (Wildman–Crippen MR) is 133 cm³/mol. The van der Waals surface area contributed by atoms with Crippen LogP contribution in [0.15, 0.2) is 61.3 Å². The van der Waals surface area contributed by atoms with Crippen LogP contribution in [0, 0.1) is 6.92 Å². The van der Waals surface area contributed by atoms with Crippen LogP contribution in [0.3, 0.4) is 0 Å². The molecule has 0 radical (unpaired) electrons. The lowest BCUT2D eigenvalue weighted by atomic mass is 10.1. The number of carbonyl (C=O) groups is 2.